The molecule has 0 aliphatic carbocycles. The second-order valence-corrected chi connectivity index (χ2v) is 4.46. The van der Waals surface area contributed by atoms with E-state index in [-0.39, 0.29) is 12.0 Å². The van der Waals surface area contributed by atoms with Crippen LogP contribution in [0.15, 0.2) is 18.2 Å². The van der Waals surface area contributed by atoms with Crippen LogP contribution in [0.5, 0.6) is 0 Å². The number of benzene rings is 1. The summed E-state index contributed by atoms with van der Waals surface area (Å²) in [5.74, 6) is 0. The molecule has 0 heterocycles. The molecule has 0 unspecified atom stereocenters. The molecule has 0 radical (unpaired) electrons. The Kier molecular flexibility index (Phi) is 5.65. The zero-order chi connectivity index (χ0) is 17.0. The Morgan fingerprint density at radius 1 is 1.14 bits per heavy atom. The van der Waals surface area contributed by atoms with Crippen LogP contribution in [-0.2, 0) is 6.18 Å². The molecule has 0 saturated heterocycles. The van der Waals surface area contributed by atoms with Crippen LogP contribution in [0.1, 0.15) is 17.5 Å². The van der Waals surface area contributed by atoms with Crippen molar-refractivity contribution >= 4 is 5.69 Å². The van der Waals surface area contributed by atoms with Gasteiger partial charge in [0.15, 0.2) is 0 Å². The van der Waals surface area contributed by atoms with Crippen LogP contribution in [-0.4, -0.2) is 31.0 Å². The summed E-state index contributed by atoms with van der Waals surface area (Å²) in [7, 11) is 0. The topological polar surface area (TPSA) is 47.3 Å². The summed E-state index contributed by atoms with van der Waals surface area (Å²) in [5, 5.41) is 17.3. The van der Waals surface area contributed by atoms with E-state index in [1.807, 2.05) is 0 Å². The second kappa shape index (κ2) is 6.87. The van der Waals surface area contributed by atoms with Gasteiger partial charge in [-0.1, -0.05) is 0 Å². The SMILES string of the molecule is N#Cc1ccc(N(CCCO)CC(F)(F)F)c(C(F)(F)F)c1. The summed E-state index contributed by atoms with van der Waals surface area (Å²) in [6.45, 7) is -2.43. The lowest BCUT2D eigenvalue weighted by Crippen LogP contribution is -2.36. The monoisotopic (exact) mass is 326 g/mol. The van der Waals surface area contributed by atoms with Crippen molar-refractivity contribution in [2.24, 2.45) is 0 Å². The number of halogens is 6. The number of rotatable bonds is 5. The molecular formula is C13H12F6N2O. The molecule has 0 aliphatic rings. The van der Waals surface area contributed by atoms with Gasteiger partial charge in [0.1, 0.15) is 6.54 Å². The Morgan fingerprint density at radius 3 is 2.23 bits per heavy atom. The van der Waals surface area contributed by atoms with E-state index in [9.17, 15) is 26.3 Å². The minimum atomic E-state index is -4.90. The Hall–Kier alpha value is -1.95. The van der Waals surface area contributed by atoms with Gasteiger partial charge in [0.25, 0.3) is 0 Å². The number of aliphatic hydroxyl groups is 1. The zero-order valence-electron chi connectivity index (χ0n) is 11.2. The molecule has 1 rings (SSSR count). The maximum absolute atomic E-state index is 13.0. The lowest BCUT2D eigenvalue weighted by molar-refractivity contribution is -0.138. The minimum Gasteiger partial charge on any atom is -0.396 e. The molecular weight excluding hydrogens is 314 g/mol. The molecule has 122 valence electrons. The Balaban J connectivity index is 3.31. The minimum absolute atomic E-state index is 0.118. The normalized spacial score (nSPS) is 12.1. The van der Waals surface area contributed by atoms with Crippen molar-refractivity contribution < 1.29 is 31.4 Å². The molecule has 0 bridgehead atoms. The van der Waals surface area contributed by atoms with E-state index < -0.39 is 43.3 Å². The number of hydrogen-bond acceptors (Lipinski definition) is 3. The van der Waals surface area contributed by atoms with E-state index in [1.165, 1.54) is 6.07 Å². The van der Waals surface area contributed by atoms with E-state index in [0.29, 0.717) is 11.0 Å². The van der Waals surface area contributed by atoms with Crippen molar-refractivity contribution in [3.63, 3.8) is 0 Å². The van der Waals surface area contributed by atoms with Crippen LogP contribution in [0.25, 0.3) is 0 Å². The highest BCUT2D eigenvalue weighted by Crippen LogP contribution is 2.38. The van der Waals surface area contributed by atoms with Crippen molar-refractivity contribution in [2.75, 3.05) is 24.6 Å². The van der Waals surface area contributed by atoms with Crippen LogP contribution in [0.2, 0.25) is 0 Å². The third-order valence-corrected chi connectivity index (χ3v) is 2.73. The Labute approximate surface area is 122 Å². The molecule has 22 heavy (non-hydrogen) atoms. The van der Waals surface area contributed by atoms with Crippen LogP contribution in [0.3, 0.4) is 0 Å². The van der Waals surface area contributed by atoms with Crippen molar-refractivity contribution in [1.82, 2.24) is 0 Å². The molecule has 0 atom stereocenters. The standard InChI is InChI=1S/C13H12F6N2O/c14-12(15,16)8-21(4-1-5-22)11-3-2-9(7-20)6-10(11)13(17,18)19/h2-3,6,22H,1,4-5,8H2. The van der Waals surface area contributed by atoms with Crippen LogP contribution in [0.4, 0.5) is 32.0 Å². The van der Waals surface area contributed by atoms with Crippen molar-refractivity contribution in [3.05, 3.63) is 29.3 Å². The maximum Gasteiger partial charge on any atom is 0.418 e. The number of nitrogens with zero attached hydrogens (tertiary/aromatic N) is 2. The Bertz CT molecular complexity index is 547. The van der Waals surface area contributed by atoms with E-state index in [4.69, 9.17) is 10.4 Å². The number of nitriles is 1. The van der Waals surface area contributed by atoms with Gasteiger partial charge in [0, 0.05) is 18.8 Å². The van der Waals surface area contributed by atoms with Crippen molar-refractivity contribution in [3.8, 4) is 6.07 Å². The zero-order valence-corrected chi connectivity index (χ0v) is 11.2. The average Bonchev–Trinajstić information content (AvgIpc) is 2.40. The van der Waals surface area contributed by atoms with Crippen LogP contribution >= 0.6 is 0 Å². The second-order valence-electron chi connectivity index (χ2n) is 4.46. The summed E-state index contributed by atoms with van der Waals surface area (Å²) in [5.41, 5.74) is -2.28. The first-order valence-electron chi connectivity index (χ1n) is 6.12. The van der Waals surface area contributed by atoms with Gasteiger partial charge in [-0.15, -0.1) is 0 Å². The third kappa shape index (κ3) is 5.11. The molecule has 0 aliphatic heterocycles. The first-order valence-corrected chi connectivity index (χ1v) is 6.12. The van der Waals surface area contributed by atoms with Gasteiger partial charge >= 0.3 is 12.4 Å². The van der Waals surface area contributed by atoms with Crippen LogP contribution < -0.4 is 4.90 Å². The summed E-state index contributed by atoms with van der Waals surface area (Å²) in [6, 6.07) is 3.89. The largest absolute Gasteiger partial charge is 0.418 e. The fourth-order valence-electron chi connectivity index (χ4n) is 1.87. The highest BCUT2D eigenvalue weighted by Gasteiger charge is 2.38. The smallest absolute Gasteiger partial charge is 0.396 e. The van der Waals surface area contributed by atoms with Gasteiger partial charge in [0.05, 0.1) is 17.2 Å². The maximum atomic E-state index is 13.0. The molecule has 3 nitrogen and oxygen atoms in total. The van der Waals surface area contributed by atoms with E-state index in [0.717, 1.165) is 12.1 Å². The molecule has 9 heteroatoms. The molecule has 0 spiro atoms. The summed E-state index contributed by atoms with van der Waals surface area (Å²) >= 11 is 0. The van der Waals surface area contributed by atoms with Gasteiger partial charge in [-0.3, -0.25) is 0 Å². The summed E-state index contributed by atoms with van der Waals surface area (Å²) in [6.07, 6.45) is -9.72. The predicted molar refractivity (Wildman–Crippen MR) is 66.1 cm³/mol. The van der Waals surface area contributed by atoms with Gasteiger partial charge in [-0.25, -0.2) is 0 Å². The number of aliphatic hydroxyl groups excluding tert-OH is 1. The quantitative estimate of drug-likeness (QED) is 0.845. The molecule has 1 aromatic rings. The average molecular weight is 326 g/mol. The number of anilines is 1. The fourth-order valence-corrected chi connectivity index (χ4v) is 1.87. The van der Waals surface area contributed by atoms with Crippen LogP contribution in [0, 0.1) is 11.3 Å². The number of hydrogen-bond donors (Lipinski definition) is 1. The van der Waals surface area contributed by atoms with Crippen molar-refractivity contribution in [2.45, 2.75) is 18.8 Å². The molecule has 1 aromatic carbocycles. The highest BCUT2D eigenvalue weighted by molar-refractivity contribution is 5.58. The van der Waals surface area contributed by atoms with Crippen molar-refractivity contribution in [1.29, 1.82) is 5.26 Å². The van der Waals surface area contributed by atoms with Gasteiger partial charge < -0.3 is 10.0 Å². The molecule has 1 N–H and O–H groups in total. The van der Waals surface area contributed by atoms with Gasteiger partial charge in [0.2, 0.25) is 0 Å². The molecule has 0 fully saturated rings. The predicted octanol–water partition coefficient (Wildman–Crippen LogP) is 3.33. The Morgan fingerprint density at radius 2 is 1.77 bits per heavy atom. The van der Waals surface area contributed by atoms with Gasteiger partial charge in [-0.2, -0.15) is 31.6 Å². The lowest BCUT2D eigenvalue weighted by Gasteiger charge is -2.28. The van der Waals surface area contributed by atoms with E-state index >= 15 is 0 Å². The van der Waals surface area contributed by atoms with E-state index in [1.54, 1.807) is 0 Å². The van der Waals surface area contributed by atoms with E-state index in [2.05, 4.69) is 0 Å². The highest BCUT2D eigenvalue weighted by atomic mass is 19.4. The fraction of sp³-hybridized carbons (Fsp3) is 0.462. The lowest BCUT2D eigenvalue weighted by atomic mass is 10.1. The molecule has 0 aromatic heterocycles. The van der Waals surface area contributed by atoms with Gasteiger partial charge in [-0.05, 0) is 24.6 Å². The molecule has 0 amide bonds. The third-order valence-electron chi connectivity index (χ3n) is 2.73. The first kappa shape index (κ1) is 18.1. The summed E-state index contributed by atoms with van der Waals surface area (Å²) < 4.78 is 76.7. The number of alkyl halides is 6. The molecule has 0 saturated carbocycles. The summed E-state index contributed by atoms with van der Waals surface area (Å²) in [4.78, 5) is 0.500. The first-order chi connectivity index (χ1) is 10.1.